The van der Waals surface area contributed by atoms with Gasteiger partial charge < -0.3 is 26.8 Å². The van der Waals surface area contributed by atoms with Crippen LogP contribution in [0.5, 0.6) is 0 Å². The van der Waals surface area contributed by atoms with Gasteiger partial charge in [0.05, 0.1) is 0 Å². The predicted octanol–water partition coefficient (Wildman–Crippen LogP) is 0.557. The van der Waals surface area contributed by atoms with Gasteiger partial charge in [0.2, 0.25) is 0 Å². The van der Waals surface area contributed by atoms with Crippen molar-refractivity contribution in [3.8, 4) is 0 Å². The standard InChI is InChI=1S/C13H30N4O2/c1-13(2,3)19-12(18)17-8-5-4-6-11(15)10-16-9-7-14/h11,16H,4-10,14-15H2,1-3H3,(H,17,18). The molecule has 0 aromatic rings. The molecule has 0 spiro atoms. The fraction of sp³-hybridized carbons (Fsp3) is 0.923. The number of unbranched alkanes of at least 4 members (excludes halogenated alkanes) is 1. The van der Waals surface area contributed by atoms with Crippen molar-refractivity contribution in [3.63, 3.8) is 0 Å². The van der Waals surface area contributed by atoms with Gasteiger partial charge in [-0.05, 0) is 33.6 Å². The summed E-state index contributed by atoms with van der Waals surface area (Å²) in [6.07, 6.45) is 2.47. The molecule has 6 N–H and O–H groups in total. The first-order valence-electron chi connectivity index (χ1n) is 6.98. The van der Waals surface area contributed by atoms with Gasteiger partial charge in [0.1, 0.15) is 5.60 Å². The van der Waals surface area contributed by atoms with Crippen molar-refractivity contribution in [1.29, 1.82) is 0 Å². The van der Waals surface area contributed by atoms with Gasteiger partial charge >= 0.3 is 6.09 Å². The zero-order valence-electron chi connectivity index (χ0n) is 12.5. The second kappa shape index (κ2) is 10.00. The van der Waals surface area contributed by atoms with Crippen LogP contribution in [0.2, 0.25) is 0 Å². The van der Waals surface area contributed by atoms with E-state index >= 15 is 0 Å². The summed E-state index contributed by atoms with van der Waals surface area (Å²) in [7, 11) is 0. The van der Waals surface area contributed by atoms with Crippen molar-refractivity contribution in [2.45, 2.75) is 51.7 Å². The van der Waals surface area contributed by atoms with Crippen molar-refractivity contribution in [2.75, 3.05) is 26.2 Å². The van der Waals surface area contributed by atoms with E-state index in [0.717, 1.165) is 32.4 Å². The van der Waals surface area contributed by atoms with E-state index in [9.17, 15) is 4.79 Å². The Balaban J connectivity index is 3.42. The Bertz CT molecular complexity index is 241. The maximum Gasteiger partial charge on any atom is 0.407 e. The summed E-state index contributed by atoms with van der Waals surface area (Å²) in [5.74, 6) is 0. The van der Waals surface area contributed by atoms with Gasteiger partial charge in [0.15, 0.2) is 0 Å². The van der Waals surface area contributed by atoms with E-state index in [1.165, 1.54) is 0 Å². The van der Waals surface area contributed by atoms with Crippen LogP contribution in [-0.4, -0.2) is 43.9 Å². The van der Waals surface area contributed by atoms with Crippen LogP contribution in [-0.2, 0) is 4.74 Å². The highest BCUT2D eigenvalue weighted by molar-refractivity contribution is 5.67. The molecule has 0 saturated heterocycles. The molecule has 6 nitrogen and oxygen atoms in total. The zero-order valence-corrected chi connectivity index (χ0v) is 12.5. The number of hydrogen-bond donors (Lipinski definition) is 4. The van der Waals surface area contributed by atoms with Gasteiger partial charge in [-0.1, -0.05) is 6.42 Å². The zero-order chi connectivity index (χ0) is 14.7. The number of rotatable bonds is 9. The van der Waals surface area contributed by atoms with E-state index < -0.39 is 5.60 Å². The van der Waals surface area contributed by atoms with E-state index in [1.807, 2.05) is 20.8 Å². The highest BCUT2D eigenvalue weighted by atomic mass is 16.6. The quantitative estimate of drug-likeness (QED) is 0.460. The molecule has 6 heteroatoms. The fourth-order valence-corrected chi connectivity index (χ4v) is 1.53. The summed E-state index contributed by atoms with van der Waals surface area (Å²) >= 11 is 0. The van der Waals surface area contributed by atoms with Gasteiger partial charge in [-0.25, -0.2) is 4.79 Å². The molecule has 0 aromatic carbocycles. The van der Waals surface area contributed by atoms with Crippen LogP contribution in [0, 0.1) is 0 Å². The molecule has 0 radical (unpaired) electrons. The lowest BCUT2D eigenvalue weighted by Gasteiger charge is -2.19. The molecule has 0 saturated carbocycles. The van der Waals surface area contributed by atoms with Gasteiger partial charge in [0, 0.05) is 32.2 Å². The van der Waals surface area contributed by atoms with E-state index in [-0.39, 0.29) is 12.1 Å². The number of hydrogen-bond acceptors (Lipinski definition) is 5. The highest BCUT2D eigenvalue weighted by Crippen LogP contribution is 2.06. The maximum atomic E-state index is 11.4. The Labute approximate surface area is 116 Å². The Morgan fingerprint density at radius 1 is 1.26 bits per heavy atom. The topological polar surface area (TPSA) is 102 Å². The second-order valence-corrected chi connectivity index (χ2v) is 5.68. The van der Waals surface area contributed by atoms with Gasteiger partial charge in [-0.15, -0.1) is 0 Å². The molecule has 1 unspecified atom stereocenters. The number of carbonyl (C=O) groups excluding carboxylic acids is 1. The van der Waals surface area contributed by atoms with Crippen LogP contribution < -0.4 is 22.1 Å². The van der Waals surface area contributed by atoms with Crippen LogP contribution in [0.25, 0.3) is 0 Å². The molecular formula is C13H30N4O2. The minimum Gasteiger partial charge on any atom is -0.444 e. The van der Waals surface area contributed by atoms with Crippen LogP contribution in [0.3, 0.4) is 0 Å². The van der Waals surface area contributed by atoms with Crippen molar-refractivity contribution >= 4 is 6.09 Å². The first-order chi connectivity index (χ1) is 8.85. The Morgan fingerprint density at radius 3 is 2.53 bits per heavy atom. The summed E-state index contributed by atoms with van der Waals surface area (Å²) in [5, 5.41) is 5.91. The summed E-state index contributed by atoms with van der Waals surface area (Å²) in [6.45, 7) is 8.38. The van der Waals surface area contributed by atoms with E-state index in [0.29, 0.717) is 13.1 Å². The molecule has 1 amide bonds. The maximum absolute atomic E-state index is 11.4. The molecule has 0 rings (SSSR count). The van der Waals surface area contributed by atoms with Crippen LogP contribution in [0.4, 0.5) is 4.79 Å². The summed E-state index contributed by atoms with van der Waals surface area (Å²) in [5.41, 5.74) is 10.9. The van der Waals surface area contributed by atoms with Gasteiger partial charge in [-0.2, -0.15) is 0 Å². The van der Waals surface area contributed by atoms with Crippen LogP contribution in [0.1, 0.15) is 40.0 Å². The third-order valence-electron chi connectivity index (χ3n) is 2.40. The lowest BCUT2D eigenvalue weighted by atomic mass is 10.1. The molecule has 114 valence electrons. The molecule has 0 aliphatic rings. The van der Waals surface area contributed by atoms with Crippen LogP contribution >= 0.6 is 0 Å². The molecule has 0 aliphatic carbocycles. The molecular weight excluding hydrogens is 244 g/mol. The Hall–Kier alpha value is -0.850. The average molecular weight is 274 g/mol. The third kappa shape index (κ3) is 13.4. The summed E-state index contributed by atoms with van der Waals surface area (Å²) in [6, 6.07) is 0.146. The predicted molar refractivity (Wildman–Crippen MR) is 78.0 cm³/mol. The molecule has 0 aliphatic heterocycles. The van der Waals surface area contributed by atoms with Crippen LogP contribution in [0.15, 0.2) is 0 Å². The minimum atomic E-state index is -0.443. The number of amides is 1. The van der Waals surface area contributed by atoms with Crippen molar-refractivity contribution in [2.24, 2.45) is 11.5 Å². The van der Waals surface area contributed by atoms with E-state index in [2.05, 4.69) is 10.6 Å². The fourth-order valence-electron chi connectivity index (χ4n) is 1.53. The number of nitrogens with two attached hydrogens (primary N) is 2. The molecule has 0 bridgehead atoms. The highest BCUT2D eigenvalue weighted by Gasteiger charge is 2.15. The van der Waals surface area contributed by atoms with Gasteiger partial charge in [0.25, 0.3) is 0 Å². The molecule has 1 atom stereocenters. The number of ether oxygens (including phenoxy) is 1. The normalized spacial score (nSPS) is 13.1. The largest absolute Gasteiger partial charge is 0.444 e. The van der Waals surface area contributed by atoms with E-state index in [1.54, 1.807) is 0 Å². The van der Waals surface area contributed by atoms with Crippen molar-refractivity contribution in [1.82, 2.24) is 10.6 Å². The molecule has 0 aromatic heterocycles. The lowest BCUT2D eigenvalue weighted by molar-refractivity contribution is 0.0527. The summed E-state index contributed by atoms with van der Waals surface area (Å²) in [4.78, 5) is 11.4. The van der Waals surface area contributed by atoms with E-state index in [4.69, 9.17) is 16.2 Å². The van der Waals surface area contributed by atoms with Gasteiger partial charge in [-0.3, -0.25) is 0 Å². The smallest absolute Gasteiger partial charge is 0.407 e. The minimum absolute atomic E-state index is 0.146. The first kappa shape index (κ1) is 18.1. The monoisotopic (exact) mass is 274 g/mol. The SMILES string of the molecule is CC(C)(C)OC(=O)NCCCCC(N)CNCCN. The number of carbonyl (C=O) groups is 1. The summed E-state index contributed by atoms with van der Waals surface area (Å²) < 4.78 is 5.13. The average Bonchev–Trinajstić information content (AvgIpc) is 2.26. The molecule has 0 fully saturated rings. The number of alkyl carbamates (subject to hydrolysis) is 1. The first-order valence-corrected chi connectivity index (χ1v) is 6.98. The second-order valence-electron chi connectivity index (χ2n) is 5.68. The number of nitrogens with one attached hydrogen (secondary N) is 2. The Morgan fingerprint density at radius 2 is 1.95 bits per heavy atom. The molecule has 19 heavy (non-hydrogen) atoms. The Kier molecular flexibility index (Phi) is 9.55. The molecule has 0 heterocycles. The lowest BCUT2D eigenvalue weighted by Crippen LogP contribution is -2.36. The van der Waals surface area contributed by atoms with Crippen molar-refractivity contribution < 1.29 is 9.53 Å². The third-order valence-corrected chi connectivity index (χ3v) is 2.40. The van der Waals surface area contributed by atoms with Crippen molar-refractivity contribution in [3.05, 3.63) is 0 Å².